The van der Waals surface area contributed by atoms with E-state index in [-0.39, 0.29) is 90.5 Å². The van der Waals surface area contributed by atoms with Gasteiger partial charge in [0.05, 0.1) is 26.5 Å². The molecule has 35 heavy (non-hydrogen) atoms. The standard InChI is InChI=1S/C22H16ClN4O5S.CH3.Y/c1-4-32-21-15(7-9-18(23)26-21)20-16-11-13(24-2)5-8-17(16)27(22(20)28)33(29,30)19-10-6-14(31-3)12-25-19;;/h5-12H,4H2,1,3H3;1H3;/q2*-1;. The first-order valence-corrected chi connectivity index (χ1v) is 11.4. The van der Waals surface area contributed by atoms with Crippen molar-refractivity contribution >= 4 is 38.2 Å². The summed E-state index contributed by atoms with van der Waals surface area (Å²) in [5.74, 6) is 0.443. The number of hydrogen-bond acceptors (Lipinski definition) is 7. The van der Waals surface area contributed by atoms with Gasteiger partial charge in [-0.1, -0.05) is 35.2 Å². The number of nitrogens with zero attached hydrogens (tertiary/aromatic N) is 4. The molecule has 1 aromatic carbocycles. The first-order chi connectivity index (χ1) is 15.8. The molecule has 0 aliphatic rings. The molecule has 0 aliphatic heterocycles. The van der Waals surface area contributed by atoms with Crippen LogP contribution >= 0.6 is 11.6 Å². The molecule has 0 saturated heterocycles. The number of rotatable bonds is 6. The van der Waals surface area contributed by atoms with Crippen LogP contribution in [0.25, 0.3) is 26.9 Å². The summed E-state index contributed by atoms with van der Waals surface area (Å²) in [4.78, 5) is 25.1. The largest absolute Gasteiger partial charge is 0.512 e. The van der Waals surface area contributed by atoms with Gasteiger partial charge in [0.2, 0.25) is 5.56 Å². The molecule has 0 N–H and O–H groups in total. The minimum Gasteiger partial charge on any atom is -0.512 e. The average molecular weight is 588 g/mol. The molecule has 4 rings (SSSR count). The Kier molecular flexibility index (Phi) is 9.26. The van der Waals surface area contributed by atoms with Crippen molar-refractivity contribution in [3.8, 4) is 22.8 Å². The Balaban J connectivity index is 0.00000216. The third-order valence-electron chi connectivity index (χ3n) is 4.82. The van der Waals surface area contributed by atoms with E-state index in [1.807, 2.05) is 0 Å². The predicted octanol–water partition coefficient (Wildman–Crippen LogP) is 4.47. The van der Waals surface area contributed by atoms with Gasteiger partial charge < -0.3 is 16.9 Å². The summed E-state index contributed by atoms with van der Waals surface area (Å²) < 4.78 is 38.2. The van der Waals surface area contributed by atoms with Crippen molar-refractivity contribution in [2.75, 3.05) is 13.7 Å². The van der Waals surface area contributed by atoms with E-state index in [1.165, 1.54) is 55.8 Å². The number of methoxy groups -OCH3 is 1. The Hall–Kier alpha value is -2.71. The van der Waals surface area contributed by atoms with Gasteiger partial charge in [-0.25, -0.2) is 18.8 Å². The number of benzene rings is 1. The molecule has 0 amide bonds. The molecule has 1 radical (unpaired) electrons. The quantitative estimate of drug-likeness (QED) is 0.242. The van der Waals surface area contributed by atoms with Crippen LogP contribution in [0, 0.1) is 14.0 Å². The maximum Gasteiger partial charge on any atom is 0.281 e. The van der Waals surface area contributed by atoms with Gasteiger partial charge in [0.1, 0.15) is 10.9 Å². The van der Waals surface area contributed by atoms with Crippen LogP contribution < -0.4 is 15.0 Å². The fraction of sp³-hybridized carbons (Fsp3) is 0.130. The van der Waals surface area contributed by atoms with Crippen LogP contribution in [0.3, 0.4) is 0 Å². The second-order valence-corrected chi connectivity index (χ2v) is 8.84. The summed E-state index contributed by atoms with van der Waals surface area (Å²) >= 11 is 6.00. The van der Waals surface area contributed by atoms with E-state index < -0.39 is 15.6 Å². The zero-order valence-electron chi connectivity index (χ0n) is 19.0. The second kappa shape index (κ2) is 11.4. The Bertz CT molecular complexity index is 1570. The molecule has 179 valence electrons. The van der Waals surface area contributed by atoms with E-state index in [0.29, 0.717) is 9.72 Å². The van der Waals surface area contributed by atoms with Crippen molar-refractivity contribution in [2.24, 2.45) is 0 Å². The van der Waals surface area contributed by atoms with E-state index >= 15 is 0 Å². The topological polar surface area (TPSA) is 105 Å². The molecule has 0 atom stereocenters. The van der Waals surface area contributed by atoms with Gasteiger partial charge in [-0.2, -0.15) is 8.42 Å². The van der Waals surface area contributed by atoms with Gasteiger partial charge in [0.15, 0.2) is 16.6 Å². The SMILES string of the molecule is [C-]#[N+]c1ccc2c(c1)[c-](-c1ccc(Cl)nc1OCC)c(=O)n2S(=O)(=O)c1ccc(OC)cn1.[CH3-].[Y]. The third kappa shape index (κ3) is 5.14. The van der Waals surface area contributed by atoms with Crippen LogP contribution in [0.5, 0.6) is 11.6 Å². The smallest absolute Gasteiger partial charge is 0.281 e. The summed E-state index contributed by atoms with van der Waals surface area (Å²) in [6.07, 6.45) is 1.25. The van der Waals surface area contributed by atoms with Crippen molar-refractivity contribution in [3.05, 3.63) is 83.0 Å². The van der Waals surface area contributed by atoms with Crippen LogP contribution in [0.1, 0.15) is 6.92 Å². The minimum absolute atomic E-state index is 0. The van der Waals surface area contributed by atoms with E-state index in [1.54, 1.807) is 6.92 Å². The molecule has 0 aliphatic carbocycles. The Morgan fingerprint density at radius 2 is 1.94 bits per heavy atom. The summed E-state index contributed by atoms with van der Waals surface area (Å²) in [5.41, 5.74) is -0.205. The molecule has 3 heterocycles. The molecule has 0 bridgehead atoms. The molecule has 3 aromatic heterocycles. The van der Waals surface area contributed by atoms with Crippen molar-refractivity contribution in [3.63, 3.8) is 0 Å². The van der Waals surface area contributed by atoms with E-state index in [4.69, 9.17) is 27.6 Å². The maximum absolute atomic E-state index is 13.6. The normalized spacial score (nSPS) is 10.7. The minimum atomic E-state index is -4.39. The molecular weight excluding hydrogens is 569 g/mol. The van der Waals surface area contributed by atoms with Crippen LogP contribution in [-0.2, 0) is 42.7 Å². The van der Waals surface area contributed by atoms with E-state index in [2.05, 4.69) is 14.8 Å². The van der Waals surface area contributed by atoms with Crippen molar-refractivity contribution in [1.29, 1.82) is 0 Å². The predicted molar refractivity (Wildman–Crippen MR) is 129 cm³/mol. The Morgan fingerprint density at radius 3 is 2.54 bits per heavy atom. The van der Waals surface area contributed by atoms with Gasteiger partial charge in [-0.15, -0.1) is 12.1 Å². The first-order valence-electron chi connectivity index (χ1n) is 9.60. The Labute approximate surface area is 232 Å². The van der Waals surface area contributed by atoms with Crippen molar-refractivity contribution in [2.45, 2.75) is 11.9 Å². The molecular formula is C23H19ClN4O5SY-2. The van der Waals surface area contributed by atoms with Crippen LogP contribution in [0.2, 0.25) is 5.15 Å². The maximum atomic E-state index is 13.6. The summed E-state index contributed by atoms with van der Waals surface area (Å²) in [6.45, 7) is 9.32. The fourth-order valence-corrected chi connectivity index (χ4v) is 4.86. The zero-order valence-corrected chi connectivity index (χ0v) is 23.4. The van der Waals surface area contributed by atoms with Crippen LogP contribution in [0.15, 0.2) is 58.5 Å². The van der Waals surface area contributed by atoms with Gasteiger partial charge in [-0.3, -0.25) is 4.79 Å². The molecule has 0 unspecified atom stereocenters. The Morgan fingerprint density at radius 1 is 1.20 bits per heavy atom. The molecule has 12 heteroatoms. The van der Waals surface area contributed by atoms with Crippen molar-refractivity contribution in [1.82, 2.24) is 13.9 Å². The van der Waals surface area contributed by atoms with Crippen LogP contribution in [0.4, 0.5) is 5.69 Å². The fourth-order valence-electron chi connectivity index (χ4n) is 3.38. The number of ether oxygens (including phenoxy) is 2. The van der Waals surface area contributed by atoms with Gasteiger partial charge in [-0.05, 0) is 30.2 Å². The molecule has 0 spiro atoms. The molecule has 0 saturated carbocycles. The third-order valence-corrected chi connectivity index (χ3v) is 6.65. The second-order valence-electron chi connectivity index (χ2n) is 6.72. The monoisotopic (exact) mass is 587 g/mol. The van der Waals surface area contributed by atoms with Gasteiger partial charge >= 0.3 is 0 Å². The van der Waals surface area contributed by atoms with E-state index in [0.717, 1.165) is 0 Å². The number of pyridine rings is 2. The number of aromatic nitrogens is 3. The average Bonchev–Trinajstić information content (AvgIpc) is 3.11. The number of halogens is 1. The summed E-state index contributed by atoms with van der Waals surface area (Å²) in [6, 6.07) is 10.0. The molecule has 4 aromatic rings. The number of fused-ring (bicyclic) bond motifs is 1. The first kappa shape index (κ1) is 28.5. The van der Waals surface area contributed by atoms with Crippen LogP contribution in [-0.4, -0.2) is 36.1 Å². The van der Waals surface area contributed by atoms with Gasteiger partial charge in [0.25, 0.3) is 10.0 Å². The molecule has 0 fully saturated rings. The number of hydrogen-bond donors (Lipinski definition) is 0. The molecule has 9 nitrogen and oxygen atoms in total. The summed E-state index contributed by atoms with van der Waals surface area (Å²) in [7, 11) is -2.96. The zero-order chi connectivity index (χ0) is 23.8. The summed E-state index contributed by atoms with van der Waals surface area (Å²) in [5, 5.41) is 0.0725. The van der Waals surface area contributed by atoms with E-state index in [9.17, 15) is 13.2 Å². The van der Waals surface area contributed by atoms with Crippen molar-refractivity contribution < 1.29 is 50.6 Å². The van der Waals surface area contributed by atoms with Gasteiger partial charge in [0, 0.05) is 38.2 Å².